The van der Waals surface area contributed by atoms with Crippen LogP contribution in [0.5, 0.6) is 0 Å². The van der Waals surface area contributed by atoms with Gasteiger partial charge in [0.15, 0.2) is 11.0 Å². The van der Waals surface area contributed by atoms with Gasteiger partial charge in [-0.05, 0) is 0 Å². The summed E-state index contributed by atoms with van der Waals surface area (Å²) in [6, 6.07) is 19.7. The second kappa shape index (κ2) is 8.01. The molecule has 6 nitrogen and oxygen atoms in total. The monoisotopic (exact) mass is 375 g/mol. The van der Waals surface area contributed by atoms with Crippen LogP contribution in [0.2, 0.25) is 0 Å². The van der Waals surface area contributed by atoms with Gasteiger partial charge in [-0.25, -0.2) is 0 Å². The van der Waals surface area contributed by atoms with Crippen molar-refractivity contribution in [2.24, 2.45) is 0 Å². The third-order valence-corrected chi connectivity index (χ3v) is 4.84. The molecule has 0 aliphatic rings. The molecule has 0 spiro atoms. The van der Waals surface area contributed by atoms with Gasteiger partial charge in [-0.1, -0.05) is 83.7 Å². The summed E-state index contributed by atoms with van der Waals surface area (Å²) in [6.45, 7) is 4.46. The average Bonchev–Trinajstić information content (AvgIpc) is 3.35. The maximum absolute atomic E-state index is 5.37. The Hall–Kier alpha value is -3.19. The highest BCUT2D eigenvalue weighted by Crippen LogP contribution is 2.26. The Bertz CT molecular complexity index is 1030. The minimum Gasteiger partial charge on any atom is -0.338 e. The number of nitrogens with zero attached hydrogens (tertiary/aromatic N) is 5. The van der Waals surface area contributed by atoms with Gasteiger partial charge in [0, 0.05) is 17.7 Å². The summed E-state index contributed by atoms with van der Waals surface area (Å²) >= 11 is 1.51. The molecule has 0 bridgehead atoms. The second-order valence-electron chi connectivity index (χ2n) is 5.74. The highest BCUT2D eigenvalue weighted by molar-refractivity contribution is 7.98. The number of allylic oxidation sites excluding steroid dienone is 1. The number of rotatable bonds is 7. The van der Waals surface area contributed by atoms with Crippen LogP contribution in [0.1, 0.15) is 5.89 Å². The lowest BCUT2D eigenvalue weighted by Crippen LogP contribution is -2.00. The van der Waals surface area contributed by atoms with Crippen LogP contribution in [0.25, 0.3) is 22.8 Å². The van der Waals surface area contributed by atoms with Crippen molar-refractivity contribution < 1.29 is 4.52 Å². The molecule has 0 radical (unpaired) electrons. The molecular formula is C20H17N5OS. The minimum atomic E-state index is 0.518. The highest BCUT2D eigenvalue weighted by Gasteiger charge is 2.15. The Morgan fingerprint density at radius 1 is 0.963 bits per heavy atom. The fraction of sp³-hybridized carbons (Fsp3) is 0.100. The molecule has 0 aliphatic heterocycles. The lowest BCUT2D eigenvalue weighted by atomic mass is 10.2. The van der Waals surface area contributed by atoms with Gasteiger partial charge in [0.1, 0.15) is 0 Å². The van der Waals surface area contributed by atoms with Crippen molar-refractivity contribution in [3.63, 3.8) is 0 Å². The van der Waals surface area contributed by atoms with Crippen LogP contribution in [-0.4, -0.2) is 24.9 Å². The summed E-state index contributed by atoms with van der Waals surface area (Å²) in [5.74, 6) is 2.47. The van der Waals surface area contributed by atoms with Crippen LogP contribution in [0.4, 0.5) is 0 Å². The molecule has 134 valence electrons. The number of aromatic nitrogens is 5. The average molecular weight is 375 g/mol. The molecule has 7 heteroatoms. The molecule has 0 fully saturated rings. The van der Waals surface area contributed by atoms with Gasteiger partial charge < -0.3 is 4.52 Å². The Kier molecular flexibility index (Phi) is 5.11. The fourth-order valence-corrected chi connectivity index (χ4v) is 3.42. The van der Waals surface area contributed by atoms with Gasteiger partial charge in [0.05, 0.1) is 5.75 Å². The first-order valence-electron chi connectivity index (χ1n) is 8.45. The van der Waals surface area contributed by atoms with Gasteiger partial charge in [-0.15, -0.1) is 16.8 Å². The minimum absolute atomic E-state index is 0.518. The molecule has 4 rings (SSSR count). The SMILES string of the molecule is C=CCn1c(SCc2nc(-c3ccccc3)no2)nnc1-c1ccccc1. The number of hydrogen-bond donors (Lipinski definition) is 0. The van der Waals surface area contributed by atoms with Crippen LogP contribution in [0, 0.1) is 0 Å². The van der Waals surface area contributed by atoms with Crippen molar-refractivity contribution in [3.05, 3.63) is 79.2 Å². The van der Waals surface area contributed by atoms with E-state index in [0.29, 0.717) is 24.0 Å². The molecule has 0 atom stereocenters. The Labute approximate surface area is 161 Å². The Morgan fingerprint density at radius 2 is 1.67 bits per heavy atom. The van der Waals surface area contributed by atoms with Gasteiger partial charge in [0.25, 0.3) is 0 Å². The van der Waals surface area contributed by atoms with E-state index in [9.17, 15) is 0 Å². The summed E-state index contributed by atoms with van der Waals surface area (Å²) in [7, 11) is 0. The zero-order chi connectivity index (χ0) is 18.5. The first-order valence-corrected chi connectivity index (χ1v) is 9.44. The molecule has 27 heavy (non-hydrogen) atoms. The summed E-state index contributed by atoms with van der Waals surface area (Å²) in [5.41, 5.74) is 1.95. The summed E-state index contributed by atoms with van der Waals surface area (Å²) in [6.07, 6.45) is 1.83. The van der Waals surface area contributed by atoms with Crippen molar-refractivity contribution in [2.45, 2.75) is 17.5 Å². The molecule has 0 saturated carbocycles. The van der Waals surface area contributed by atoms with Gasteiger partial charge in [-0.3, -0.25) is 4.57 Å². The van der Waals surface area contributed by atoms with E-state index in [1.807, 2.05) is 71.3 Å². The predicted octanol–water partition coefficient (Wildman–Crippen LogP) is 4.47. The van der Waals surface area contributed by atoms with Gasteiger partial charge in [-0.2, -0.15) is 4.98 Å². The largest absolute Gasteiger partial charge is 0.338 e. The lowest BCUT2D eigenvalue weighted by molar-refractivity contribution is 0.391. The van der Waals surface area contributed by atoms with E-state index in [2.05, 4.69) is 26.9 Å². The number of hydrogen-bond acceptors (Lipinski definition) is 6. The molecule has 0 aliphatic carbocycles. The summed E-state index contributed by atoms with van der Waals surface area (Å²) < 4.78 is 7.40. The zero-order valence-electron chi connectivity index (χ0n) is 14.5. The highest BCUT2D eigenvalue weighted by atomic mass is 32.2. The van der Waals surface area contributed by atoms with Crippen LogP contribution >= 0.6 is 11.8 Å². The molecule has 2 heterocycles. The second-order valence-corrected chi connectivity index (χ2v) is 6.68. The van der Waals surface area contributed by atoms with Crippen LogP contribution < -0.4 is 0 Å². The zero-order valence-corrected chi connectivity index (χ0v) is 15.3. The topological polar surface area (TPSA) is 69.6 Å². The number of thioether (sulfide) groups is 1. The maximum atomic E-state index is 5.37. The van der Waals surface area contributed by atoms with E-state index >= 15 is 0 Å². The Balaban J connectivity index is 1.53. The maximum Gasteiger partial charge on any atom is 0.237 e. The van der Waals surface area contributed by atoms with Crippen molar-refractivity contribution >= 4 is 11.8 Å². The predicted molar refractivity (Wildman–Crippen MR) is 105 cm³/mol. The van der Waals surface area contributed by atoms with Crippen molar-refractivity contribution in [3.8, 4) is 22.8 Å². The van der Waals surface area contributed by atoms with E-state index in [1.165, 1.54) is 11.8 Å². The van der Waals surface area contributed by atoms with Crippen molar-refractivity contribution in [2.75, 3.05) is 0 Å². The first-order chi connectivity index (χ1) is 13.3. The van der Waals surface area contributed by atoms with Crippen LogP contribution in [-0.2, 0) is 12.3 Å². The smallest absolute Gasteiger partial charge is 0.237 e. The molecule has 0 saturated heterocycles. The van der Waals surface area contributed by atoms with Crippen molar-refractivity contribution in [1.29, 1.82) is 0 Å². The van der Waals surface area contributed by atoms with Gasteiger partial charge >= 0.3 is 0 Å². The Morgan fingerprint density at radius 3 is 2.37 bits per heavy atom. The molecule has 4 aromatic rings. The first kappa shape index (κ1) is 17.2. The third kappa shape index (κ3) is 3.83. The summed E-state index contributed by atoms with van der Waals surface area (Å²) in [5, 5.41) is 13.5. The molecule has 0 N–H and O–H groups in total. The van der Waals surface area contributed by atoms with E-state index in [4.69, 9.17) is 4.52 Å². The van der Waals surface area contributed by atoms with E-state index < -0.39 is 0 Å². The molecule has 2 aromatic heterocycles. The van der Waals surface area contributed by atoms with E-state index in [0.717, 1.165) is 22.1 Å². The number of benzene rings is 2. The standard InChI is InChI=1S/C20H17N5OS/c1-2-13-25-19(16-11-7-4-8-12-16)22-23-20(25)27-14-17-21-18(24-26-17)15-9-5-3-6-10-15/h2-12H,1,13-14H2. The quantitative estimate of drug-likeness (QED) is 0.350. The molecular weight excluding hydrogens is 358 g/mol. The normalized spacial score (nSPS) is 10.8. The van der Waals surface area contributed by atoms with Crippen LogP contribution in [0.15, 0.2) is 83.0 Å². The lowest BCUT2D eigenvalue weighted by Gasteiger charge is -2.06. The molecule has 0 amide bonds. The van der Waals surface area contributed by atoms with Gasteiger partial charge in [0.2, 0.25) is 11.7 Å². The summed E-state index contributed by atoms with van der Waals surface area (Å²) in [4.78, 5) is 4.46. The fourth-order valence-electron chi connectivity index (χ4n) is 2.63. The van der Waals surface area contributed by atoms with Crippen LogP contribution in [0.3, 0.4) is 0 Å². The van der Waals surface area contributed by atoms with E-state index in [-0.39, 0.29) is 0 Å². The third-order valence-electron chi connectivity index (χ3n) is 3.89. The molecule has 2 aromatic carbocycles. The van der Waals surface area contributed by atoms with E-state index in [1.54, 1.807) is 0 Å². The van der Waals surface area contributed by atoms with Crippen molar-refractivity contribution in [1.82, 2.24) is 24.9 Å². The molecule has 0 unspecified atom stereocenters.